The molecule has 0 aliphatic carbocycles. The topological polar surface area (TPSA) is 65.1 Å². The van der Waals surface area contributed by atoms with Gasteiger partial charge < -0.3 is 19.1 Å². The molecule has 2 aromatic rings. The second-order valence-corrected chi connectivity index (χ2v) is 7.54. The highest BCUT2D eigenvalue weighted by Gasteiger charge is 2.36. The van der Waals surface area contributed by atoms with E-state index in [1.54, 1.807) is 24.4 Å². The number of carbonyl (C=O) groups excluding carboxylic acids is 2. The number of rotatable bonds is 7. The summed E-state index contributed by atoms with van der Waals surface area (Å²) in [5.74, 6) is -1.62. The molecule has 0 aromatic heterocycles. The Kier molecular flexibility index (Phi) is 7.65. The average Bonchev–Trinajstić information content (AvgIpc) is 2.85. The summed E-state index contributed by atoms with van der Waals surface area (Å²) in [4.78, 5) is 26.9. The summed E-state index contributed by atoms with van der Waals surface area (Å²) < 4.78 is 54.0. The quantitative estimate of drug-likeness (QED) is 0.551. The van der Waals surface area contributed by atoms with E-state index in [1.165, 1.54) is 26.4 Å². The summed E-state index contributed by atoms with van der Waals surface area (Å²) in [6.07, 6.45) is -0.829. The minimum atomic E-state index is -4.51. The van der Waals surface area contributed by atoms with Crippen molar-refractivity contribution < 1.29 is 37.0 Å². The molecule has 0 fully saturated rings. The molecule has 0 bridgehead atoms. The zero-order valence-corrected chi connectivity index (χ0v) is 18.9. The van der Waals surface area contributed by atoms with Crippen LogP contribution in [0.4, 0.5) is 13.2 Å². The fraction of sp³-hybridized carbons (Fsp3) is 0.280. The molecule has 2 aromatic carbocycles. The Bertz CT molecular complexity index is 1060. The standard InChI is InChI=1S/C25H24F3NO5/c1-32-19-10-4-16(5-11-19)12-13-29-14-20(23(30)33-2)22(21(15-29)24(31)34-3)17-6-8-18(9-7-17)25(26,27)28/h4-11,14-15,22H,12-13H2,1-3H3. The highest BCUT2D eigenvalue weighted by molar-refractivity contribution is 5.98. The summed E-state index contributed by atoms with van der Waals surface area (Å²) in [5, 5.41) is 0. The molecule has 1 aliphatic heterocycles. The molecule has 6 nitrogen and oxygen atoms in total. The van der Waals surface area contributed by atoms with Crippen LogP contribution >= 0.6 is 0 Å². The van der Waals surface area contributed by atoms with Gasteiger partial charge in [-0.2, -0.15) is 13.2 Å². The lowest BCUT2D eigenvalue weighted by Gasteiger charge is -2.30. The molecule has 0 N–H and O–H groups in total. The Balaban J connectivity index is 1.95. The third-order valence-electron chi connectivity index (χ3n) is 5.46. The smallest absolute Gasteiger partial charge is 0.416 e. The number of halogens is 3. The van der Waals surface area contributed by atoms with Gasteiger partial charge in [0.05, 0.1) is 44.0 Å². The number of methoxy groups -OCH3 is 3. The van der Waals surface area contributed by atoms with Crippen molar-refractivity contribution in [3.8, 4) is 5.75 Å². The first-order valence-corrected chi connectivity index (χ1v) is 10.3. The molecule has 0 saturated carbocycles. The van der Waals surface area contributed by atoms with Crippen LogP contribution in [-0.2, 0) is 31.7 Å². The van der Waals surface area contributed by atoms with E-state index in [-0.39, 0.29) is 11.1 Å². The van der Waals surface area contributed by atoms with Gasteiger partial charge in [-0.05, 0) is 41.8 Å². The lowest BCUT2D eigenvalue weighted by Crippen LogP contribution is -2.29. The zero-order valence-electron chi connectivity index (χ0n) is 18.9. The van der Waals surface area contributed by atoms with Gasteiger partial charge in [0.2, 0.25) is 0 Å². The maximum Gasteiger partial charge on any atom is 0.416 e. The second kappa shape index (κ2) is 10.5. The molecule has 34 heavy (non-hydrogen) atoms. The van der Waals surface area contributed by atoms with Crippen molar-refractivity contribution in [1.29, 1.82) is 0 Å². The number of nitrogens with zero attached hydrogens (tertiary/aromatic N) is 1. The van der Waals surface area contributed by atoms with Gasteiger partial charge in [-0.3, -0.25) is 0 Å². The van der Waals surface area contributed by atoms with Gasteiger partial charge in [0.1, 0.15) is 5.75 Å². The fourth-order valence-corrected chi connectivity index (χ4v) is 3.69. The van der Waals surface area contributed by atoms with Crippen molar-refractivity contribution in [2.24, 2.45) is 0 Å². The third-order valence-corrected chi connectivity index (χ3v) is 5.46. The summed E-state index contributed by atoms with van der Waals surface area (Å²) in [6.45, 7) is 0.424. The first-order chi connectivity index (χ1) is 16.2. The number of hydrogen-bond acceptors (Lipinski definition) is 6. The van der Waals surface area contributed by atoms with Gasteiger partial charge in [0, 0.05) is 18.9 Å². The van der Waals surface area contributed by atoms with Crippen LogP contribution in [0.25, 0.3) is 0 Å². The van der Waals surface area contributed by atoms with Crippen LogP contribution in [0.15, 0.2) is 72.1 Å². The minimum absolute atomic E-state index is 0.111. The van der Waals surface area contributed by atoms with E-state index < -0.39 is 29.6 Å². The summed E-state index contributed by atoms with van der Waals surface area (Å²) in [7, 11) is 3.98. The number of hydrogen-bond donors (Lipinski definition) is 0. The van der Waals surface area contributed by atoms with Crippen molar-refractivity contribution in [1.82, 2.24) is 4.90 Å². The van der Waals surface area contributed by atoms with E-state index in [0.717, 1.165) is 23.4 Å². The molecule has 180 valence electrons. The number of ether oxygens (including phenoxy) is 3. The van der Waals surface area contributed by atoms with E-state index in [2.05, 4.69) is 0 Å². The molecule has 0 unspecified atom stereocenters. The van der Waals surface area contributed by atoms with Crippen LogP contribution in [0.2, 0.25) is 0 Å². The minimum Gasteiger partial charge on any atom is -0.497 e. The lowest BCUT2D eigenvalue weighted by atomic mass is 9.83. The number of carbonyl (C=O) groups is 2. The van der Waals surface area contributed by atoms with Gasteiger partial charge >= 0.3 is 18.1 Å². The van der Waals surface area contributed by atoms with E-state index in [9.17, 15) is 22.8 Å². The summed E-state index contributed by atoms with van der Waals surface area (Å²) in [5.41, 5.74) is 0.725. The van der Waals surface area contributed by atoms with Crippen LogP contribution < -0.4 is 4.74 Å². The highest BCUT2D eigenvalue weighted by Crippen LogP contribution is 2.38. The molecule has 0 atom stereocenters. The monoisotopic (exact) mass is 475 g/mol. The lowest BCUT2D eigenvalue weighted by molar-refractivity contribution is -0.138. The zero-order chi connectivity index (χ0) is 24.9. The molecule has 0 saturated heterocycles. The van der Waals surface area contributed by atoms with Crippen LogP contribution in [0.5, 0.6) is 5.75 Å². The normalized spacial score (nSPS) is 14.2. The van der Waals surface area contributed by atoms with Crippen LogP contribution in [0.3, 0.4) is 0 Å². The Labute approximate surface area is 195 Å². The number of alkyl halides is 3. The van der Waals surface area contributed by atoms with E-state index in [0.29, 0.717) is 18.5 Å². The second-order valence-electron chi connectivity index (χ2n) is 7.54. The van der Waals surface area contributed by atoms with Gasteiger partial charge in [-0.1, -0.05) is 24.3 Å². The molecule has 0 amide bonds. The molecule has 1 aliphatic rings. The van der Waals surface area contributed by atoms with Crippen LogP contribution in [0, 0.1) is 0 Å². The molecular weight excluding hydrogens is 451 g/mol. The third kappa shape index (κ3) is 5.59. The SMILES string of the molecule is COC(=O)C1=CN(CCc2ccc(OC)cc2)C=C(C(=O)OC)C1c1ccc(C(F)(F)F)cc1. The largest absolute Gasteiger partial charge is 0.497 e. The predicted octanol–water partition coefficient (Wildman–Crippen LogP) is 4.47. The average molecular weight is 475 g/mol. The Hall–Kier alpha value is -3.75. The fourth-order valence-electron chi connectivity index (χ4n) is 3.69. The highest BCUT2D eigenvalue weighted by atomic mass is 19.4. The Morgan fingerprint density at radius 3 is 1.82 bits per heavy atom. The maximum atomic E-state index is 13.0. The molecule has 3 rings (SSSR count). The Morgan fingerprint density at radius 1 is 0.853 bits per heavy atom. The molecule has 9 heteroatoms. The first-order valence-electron chi connectivity index (χ1n) is 10.3. The van der Waals surface area contributed by atoms with Crippen molar-refractivity contribution in [3.63, 3.8) is 0 Å². The predicted molar refractivity (Wildman–Crippen MR) is 118 cm³/mol. The molecule has 1 heterocycles. The molecule has 0 radical (unpaired) electrons. The van der Waals surface area contributed by atoms with E-state index in [4.69, 9.17) is 14.2 Å². The van der Waals surface area contributed by atoms with E-state index >= 15 is 0 Å². The first kappa shape index (κ1) is 24.9. The van der Waals surface area contributed by atoms with Crippen LogP contribution in [0.1, 0.15) is 22.6 Å². The summed E-state index contributed by atoms with van der Waals surface area (Å²) in [6, 6.07) is 11.8. The maximum absolute atomic E-state index is 13.0. The Morgan fingerprint density at radius 2 is 1.38 bits per heavy atom. The summed E-state index contributed by atoms with van der Waals surface area (Å²) >= 11 is 0. The van der Waals surface area contributed by atoms with Crippen LogP contribution in [-0.4, -0.2) is 44.7 Å². The van der Waals surface area contributed by atoms with Gasteiger partial charge in [-0.15, -0.1) is 0 Å². The molecule has 0 spiro atoms. The van der Waals surface area contributed by atoms with Crippen molar-refractivity contribution >= 4 is 11.9 Å². The molecular formula is C25H24F3NO5. The van der Waals surface area contributed by atoms with Crippen molar-refractivity contribution in [2.45, 2.75) is 18.5 Å². The van der Waals surface area contributed by atoms with Gasteiger partial charge in [-0.25, -0.2) is 9.59 Å². The number of benzene rings is 2. The van der Waals surface area contributed by atoms with Gasteiger partial charge in [0.15, 0.2) is 0 Å². The number of esters is 2. The van der Waals surface area contributed by atoms with Gasteiger partial charge in [0.25, 0.3) is 0 Å². The van der Waals surface area contributed by atoms with E-state index in [1.807, 2.05) is 24.3 Å². The van der Waals surface area contributed by atoms with Crippen molar-refractivity contribution in [2.75, 3.05) is 27.9 Å². The van der Waals surface area contributed by atoms with Crippen molar-refractivity contribution in [3.05, 3.63) is 88.8 Å².